The number of carbonyl (C=O) groups is 1. The number of hydrogen-bond acceptors (Lipinski definition) is 2. The molecule has 1 fully saturated rings. The van der Waals surface area contributed by atoms with E-state index in [9.17, 15) is 4.79 Å². The molecule has 1 aliphatic carbocycles. The van der Waals surface area contributed by atoms with Crippen LogP contribution in [0.1, 0.15) is 65.1 Å². The van der Waals surface area contributed by atoms with Crippen molar-refractivity contribution in [1.82, 2.24) is 19.9 Å². The van der Waals surface area contributed by atoms with Crippen LogP contribution < -0.4 is 5.32 Å². The molecule has 0 radical (unpaired) electrons. The standard InChI is InChI=1S/C26H36N4O/c1-25(2,3)20-12-14-26(15-13-20,30-17-6-7-18-30)19-24(31)27-16-8-11-23-28-21-9-4-5-10-22(21)29-23/h4-7,9-10,17-18,20H,8,11-16,19H2,1-3H3,(H,27,31)(H,28,29). The number of aromatic nitrogens is 3. The lowest BCUT2D eigenvalue weighted by molar-refractivity contribution is -0.124. The van der Waals surface area contributed by atoms with Gasteiger partial charge in [0, 0.05) is 25.4 Å². The third-order valence-electron chi connectivity index (χ3n) is 7.13. The predicted octanol–water partition coefficient (Wildman–Crippen LogP) is 5.44. The van der Waals surface area contributed by atoms with Crippen LogP contribution in [0.3, 0.4) is 0 Å². The molecule has 0 spiro atoms. The molecule has 5 nitrogen and oxygen atoms in total. The maximum atomic E-state index is 12.9. The van der Waals surface area contributed by atoms with Crippen molar-refractivity contribution >= 4 is 16.9 Å². The summed E-state index contributed by atoms with van der Waals surface area (Å²) in [5, 5.41) is 3.17. The van der Waals surface area contributed by atoms with Crippen molar-refractivity contribution in [2.45, 2.75) is 71.3 Å². The highest BCUT2D eigenvalue weighted by Gasteiger charge is 2.40. The van der Waals surface area contributed by atoms with Crippen molar-refractivity contribution in [3.63, 3.8) is 0 Å². The third-order valence-corrected chi connectivity index (χ3v) is 7.13. The van der Waals surface area contributed by atoms with Gasteiger partial charge in [-0.15, -0.1) is 0 Å². The Morgan fingerprint density at radius 3 is 2.55 bits per heavy atom. The molecule has 0 bridgehead atoms. The third kappa shape index (κ3) is 5.03. The Bertz CT molecular complexity index is 955. The lowest BCUT2D eigenvalue weighted by atomic mass is 9.66. The Morgan fingerprint density at radius 1 is 1.16 bits per heavy atom. The minimum absolute atomic E-state index is 0.0892. The number of para-hydroxylation sites is 2. The summed E-state index contributed by atoms with van der Waals surface area (Å²) in [6, 6.07) is 12.2. The van der Waals surface area contributed by atoms with E-state index in [0.29, 0.717) is 18.4 Å². The van der Waals surface area contributed by atoms with Crippen molar-refractivity contribution in [1.29, 1.82) is 0 Å². The lowest BCUT2D eigenvalue weighted by Gasteiger charge is -2.45. The van der Waals surface area contributed by atoms with E-state index in [1.807, 2.05) is 24.3 Å². The summed E-state index contributed by atoms with van der Waals surface area (Å²) >= 11 is 0. The summed E-state index contributed by atoms with van der Waals surface area (Å²) in [7, 11) is 0. The number of imidazole rings is 1. The van der Waals surface area contributed by atoms with E-state index in [0.717, 1.165) is 48.5 Å². The summed E-state index contributed by atoms with van der Waals surface area (Å²) in [5.74, 6) is 1.87. The lowest BCUT2D eigenvalue weighted by Crippen LogP contribution is -2.43. The van der Waals surface area contributed by atoms with Gasteiger partial charge in [-0.2, -0.15) is 0 Å². The number of hydrogen-bond donors (Lipinski definition) is 2. The molecule has 0 saturated heterocycles. The van der Waals surface area contributed by atoms with E-state index in [1.165, 1.54) is 12.8 Å². The van der Waals surface area contributed by atoms with Crippen molar-refractivity contribution in [2.75, 3.05) is 6.54 Å². The van der Waals surface area contributed by atoms with Crippen LogP contribution in [-0.4, -0.2) is 27.0 Å². The highest BCUT2D eigenvalue weighted by atomic mass is 16.1. The number of benzene rings is 1. The number of rotatable bonds is 7. The summed E-state index contributed by atoms with van der Waals surface area (Å²) in [6.45, 7) is 7.71. The fraction of sp³-hybridized carbons (Fsp3) is 0.538. The van der Waals surface area contributed by atoms with Crippen LogP contribution in [0.5, 0.6) is 0 Å². The molecule has 1 amide bonds. The van der Waals surface area contributed by atoms with E-state index in [1.54, 1.807) is 0 Å². The van der Waals surface area contributed by atoms with Crippen LogP contribution in [0.25, 0.3) is 11.0 Å². The Labute approximate surface area is 185 Å². The van der Waals surface area contributed by atoms with Gasteiger partial charge in [0.15, 0.2) is 0 Å². The molecule has 0 aliphatic heterocycles. The highest BCUT2D eigenvalue weighted by molar-refractivity contribution is 5.77. The van der Waals surface area contributed by atoms with Crippen LogP contribution in [0.2, 0.25) is 0 Å². The first-order chi connectivity index (χ1) is 14.9. The number of H-pyrrole nitrogens is 1. The van der Waals surface area contributed by atoms with E-state index in [-0.39, 0.29) is 11.4 Å². The second kappa shape index (κ2) is 8.89. The molecule has 5 heteroatoms. The monoisotopic (exact) mass is 420 g/mol. The number of nitrogens with one attached hydrogen (secondary N) is 2. The smallest absolute Gasteiger partial charge is 0.222 e. The van der Waals surface area contributed by atoms with Gasteiger partial charge in [-0.25, -0.2) is 4.98 Å². The van der Waals surface area contributed by atoms with Crippen LogP contribution >= 0.6 is 0 Å². The number of fused-ring (bicyclic) bond motifs is 1. The SMILES string of the molecule is CC(C)(C)C1CCC(CC(=O)NCCCc2nc3ccccc3[nH]2)(n2cccc2)CC1. The zero-order chi connectivity index (χ0) is 21.9. The molecule has 4 rings (SSSR count). The van der Waals surface area contributed by atoms with Crippen LogP contribution in [0.4, 0.5) is 0 Å². The number of nitrogens with zero attached hydrogens (tertiary/aromatic N) is 2. The molecule has 2 aromatic heterocycles. The maximum absolute atomic E-state index is 12.9. The van der Waals surface area contributed by atoms with Gasteiger partial charge in [-0.05, 0) is 67.7 Å². The predicted molar refractivity (Wildman–Crippen MR) is 126 cm³/mol. The second-order valence-electron chi connectivity index (χ2n) is 10.3. The molecule has 166 valence electrons. The molecule has 1 aliphatic rings. The molecule has 1 aromatic carbocycles. The molecule has 2 heterocycles. The minimum Gasteiger partial charge on any atom is -0.356 e. The molecule has 3 aromatic rings. The van der Waals surface area contributed by atoms with Gasteiger partial charge in [-0.3, -0.25) is 4.79 Å². The van der Waals surface area contributed by atoms with Gasteiger partial charge in [0.25, 0.3) is 0 Å². The normalized spacial score (nSPS) is 22.0. The number of carbonyl (C=O) groups excluding carboxylic acids is 1. The average Bonchev–Trinajstić information content (AvgIpc) is 3.41. The molecule has 31 heavy (non-hydrogen) atoms. The van der Waals surface area contributed by atoms with Crippen LogP contribution in [-0.2, 0) is 16.8 Å². The van der Waals surface area contributed by atoms with Gasteiger partial charge >= 0.3 is 0 Å². The molecular formula is C26H36N4O. The first-order valence-corrected chi connectivity index (χ1v) is 11.7. The number of amides is 1. The quantitative estimate of drug-likeness (QED) is 0.500. The van der Waals surface area contributed by atoms with Crippen molar-refractivity contribution in [2.24, 2.45) is 11.3 Å². The Hall–Kier alpha value is -2.56. The van der Waals surface area contributed by atoms with Gasteiger partial charge in [0.05, 0.1) is 23.0 Å². The highest BCUT2D eigenvalue weighted by Crippen LogP contribution is 2.46. The summed E-state index contributed by atoms with van der Waals surface area (Å²) in [4.78, 5) is 20.9. The van der Waals surface area contributed by atoms with E-state index < -0.39 is 0 Å². The fourth-order valence-electron chi connectivity index (χ4n) is 5.17. The van der Waals surface area contributed by atoms with Gasteiger partial charge < -0.3 is 14.9 Å². The maximum Gasteiger partial charge on any atom is 0.222 e. The summed E-state index contributed by atoms with van der Waals surface area (Å²) in [5.41, 5.74) is 2.32. The van der Waals surface area contributed by atoms with Gasteiger partial charge in [0.1, 0.15) is 5.82 Å². The molecule has 2 N–H and O–H groups in total. The topological polar surface area (TPSA) is 62.7 Å². The van der Waals surface area contributed by atoms with Crippen molar-refractivity contribution in [3.8, 4) is 0 Å². The Kier molecular flexibility index (Phi) is 6.22. The number of aromatic amines is 1. The Balaban J connectivity index is 1.31. The fourth-order valence-corrected chi connectivity index (χ4v) is 5.17. The minimum atomic E-state index is -0.0892. The Morgan fingerprint density at radius 2 is 1.87 bits per heavy atom. The number of aryl methyl sites for hydroxylation is 1. The second-order valence-corrected chi connectivity index (χ2v) is 10.3. The van der Waals surface area contributed by atoms with Crippen LogP contribution in [0, 0.1) is 11.3 Å². The first kappa shape index (κ1) is 21.7. The van der Waals surface area contributed by atoms with Crippen molar-refractivity contribution < 1.29 is 4.79 Å². The van der Waals surface area contributed by atoms with Gasteiger partial charge in [-0.1, -0.05) is 32.9 Å². The molecule has 0 unspecified atom stereocenters. The molecular weight excluding hydrogens is 384 g/mol. The molecule has 1 saturated carbocycles. The van der Waals surface area contributed by atoms with E-state index in [4.69, 9.17) is 0 Å². The van der Waals surface area contributed by atoms with E-state index in [2.05, 4.69) is 65.1 Å². The summed E-state index contributed by atoms with van der Waals surface area (Å²) < 4.78 is 2.29. The van der Waals surface area contributed by atoms with E-state index >= 15 is 0 Å². The zero-order valence-electron chi connectivity index (χ0n) is 19.2. The first-order valence-electron chi connectivity index (χ1n) is 11.7. The zero-order valence-corrected chi connectivity index (χ0v) is 19.2. The average molecular weight is 421 g/mol. The largest absolute Gasteiger partial charge is 0.356 e. The van der Waals surface area contributed by atoms with Crippen molar-refractivity contribution in [3.05, 3.63) is 54.6 Å². The van der Waals surface area contributed by atoms with Crippen LogP contribution in [0.15, 0.2) is 48.8 Å². The summed E-state index contributed by atoms with van der Waals surface area (Å²) in [6.07, 6.45) is 11.0. The van der Waals surface area contributed by atoms with Gasteiger partial charge in [0.2, 0.25) is 5.91 Å². The molecule has 0 atom stereocenters.